The Balaban J connectivity index is 1.48. The average molecular weight is 640 g/mol. The van der Waals surface area contributed by atoms with Gasteiger partial charge in [0.1, 0.15) is 28.6 Å². The van der Waals surface area contributed by atoms with Gasteiger partial charge in [0.25, 0.3) is 0 Å². The third-order valence-electron chi connectivity index (χ3n) is 7.47. The zero-order valence-electron chi connectivity index (χ0n) is 23.5. The van der Waals surface area contributed by atoms with E-state index < -0.39 is 40.0 Å². The van der Waals surface area contributed by atoms with E-state index in [9.17, 15) is 18.0 Å². The molecule has 230 valence electrons. The summed E-state index contributed by atoms with van der Waals surface area (Å²) in [5.41, 5.74) is 6.73. The number of carbonyl (C=O) groups is 2. The molecule has 2 fully saturated rings. The van der Waals surface area contributed by atoms with Crippen LogP contribution in [0.15, 0.2) is 29.6 Å². The first-order chi connectivity index (χ1) is 20.0. The minimum absolute atomic E-state index is 0.104. The Morgan fingerprint density at radius 1 is 1.29 bits per heavy atom. The number of halogens is 1. The van der Waals surface area contributed by atoms with Gasteiger partial charge in [0.2, 0.25) is 21.8 Å². The molecule has 0 saturated carbocycles. The molecule has 0 radical (unpaired) electrons. The molecule has 0 aliphatic carbocycles. The van der Waals surface area contributed by atoms with Crippen molar-refractivity contribution in [3.8, 4) is 0 Å². The van der Waals surface area contributed by atoms with Gasteiger partial charge in [-0.1, -0.05) is 23.7 Å². The van der Waals surface area contributed by atoms with Crippen LogP contribution in [0.1, 0.15) is 48.4 Å². The van der Waals surface area contributed by atoms with E-state index in [2.05, 4.69) is 20.3 Å². The van der Waals surface area contributed by atoms with Crippen LogP contribution in [0.2, 0.25) is 5.02 Å². The number of nitrogens with two attached hydrogens (primary N) is 1. The largest absolute Gasteiger partial charge is 0.382 e. The molecule has 0 unspecified atom stereocenters. The summed E-state index contributed by atoms with van der Waals surface area (Å²) in [4.78, 5) is 33.0. The van der Waals surface area contributed by atoms with Crippen LogP contribution in [0.3, 0.4) is 0 Å². The van der Waals surface area contributed by atoms with Gasteiger partial charge in [-0.3, -0.25) is 15.0 Å². The van der Waals surface area contributed by atoms with Crippen molar-refractivity contribution in [2.45, 2.75) is 63.4 Å². The number of benzene rings is 1. The number of nitrogen functional groups attached to an aromatic ring is 1. The van der Waals surface area contributed by atoms with Crippen LogP contribution >= 0.6 is 22.9 Å². The maximum absolute atomic E-state index is 13.9. The topological polar surface area (TPSA) is 180 Å². The Bertz CT molecular complexity index is 1350. The normalized spacial score (nSPS) is 20.4. The van der Waals surface area contributed by atoms with Crippen LogP contribution in [0.4, 0.5) is 0 Å². The number of thiazole rings is 1. The molecule has 4 rings (SSSR count). The van der Waals surface area contributed by atoms with E-state index in [-0.39, 0.29) is 32.0 Å². The highest BCUT2D eigenvalue weighted by Gasteiger charge is 2.42. The lowest BCUT2D eigenvalue weighted by atomic mass is 9.91. The second kappa shape index (κ2) is 14.7. The van der Waals surface area contributed by atoms with Crippen LogP contribution in [0.5, 0.6) is 0 Å². The number of rotatable bonds is 13. The number of amidine groups is 1. The minimum atomic E-state index is -3.69. The summed E-state index contributed by atoms with van der Waals surface area (Å²) in [5.74, 6) is -0.600. The maximum Gasteiger partial charge on any atom is 0.243 e. The number of carbonyl (C=O) groups excluding carboxylic acids is 2. The second-order valence-corrected chi connectivity index (χ2v) is 13.9. The highest BCUT2D eigenvalue weighted by atomic mass is 35.5. The van der Waals surface area contributed by atoms with Gasteiger partial charge < -0.3 is 26.0 Å². The molecule has 3 heterocycles. The first kappa shape index (κ1) is 32.3. The first-order valence-corrected chi connectivity index (χ1v) is 17.0. The molecule has 42 heavy (non-hydrogen) atoms. The van der Waals surface area contributed by atoms with Crippen LogP contribution in [-0.2, 0) is 37.5 Å². The van der Waals surface area contributed by atoms with E-state index in [0.29, 0.717) is 34.5 Å². The number of likely N-dealkylation sites (tertiary alicyclic amines) is 1. The maximum atomic E-state index is 13.9. The van der Waals surface area contributed by atoms with Gasteiger partial charge in [0.15, 0.2) is 0 Å². The SMILES string of the molecule is CS(=O)(=O)N[C@H](CCC1CCNCC1)C(=O)N1C[C@H](OCc2ccc(Cl)cc2)C[C@@H]1C(=O)NCc1nc(C(=N)N)cs1. The van der Waals surface area contributed by atoms with Gasteiger partial charge in [0.05, 0.1) is 25.5 Å². The van der Waals surface area contributed by atoms with Crippen molar-refractivity contribution in [3.63, 3.8) is 0 Å². The van der Waals surface area contributed by atoms with E-state index in [4.69, 9.17) is 27.5 Å². The summed E-state index contributed by atoms with van der Waals surface area (Å²) in [6.07, 6.45) is 3.83. The number of amides is 2. The number of piperidine rings is 1. The molecule has 2 amide bonds. The number of sulfonamides is 1. The molecule has 0 spiro atoms. The highest BCUT2D eigenvalue weighted by molar-refractivity contribution is 7.88. The predicted octanol–water partition coefficient (Wildman–Crippen LogP) is 1.58. The van der Waals surface area contributed by atoms with Crippen LogP contribution in [0.25, 0.3) is 0 Å². The molecule has 0 bridgehead atoms. The minimum Gasteiger partial charge on any atom is -0.382 e. The monoisotopic (exact) mass is 639 g/mol. The molecule has 15 heteroatoms. The number of aromatic nitrogens is 1. The Hall–Kier alpha value is -2.62. The van der Waals surface area contributed by atoms with Gasteiger partial charge in [-0.2, -0.15) is 0 Å². The lowest BCUT2D eigenvalue weighted by molar-refractivity contribution is -0.140. The Morgan fingerprint density at radius 3 is 2.64 bits per heavy atom. The fourth-order valence-electron chi connectivity index (χ4n) is 5.27. The molecule has 12 nitrogen and oxygen atoms in total. The second-order valence-electron chi connectivity index (χ2n) is 10.8. The molecule has 1 aromatic carbocycles. The molecular formula is C27H38ClN7O5S2. The standard InChI is InChI=1S/C27H38ClN7O5S2/c1-42(38,39)34-21(7-4-17-8-10-31-11-9-17)27(37)35-14-20(40-15-18-2-5-19(28)6-3-18)12-23(35)26(36)32-13-24-33-22(16-41-24)25(29)30/h2-3,5-6,16-17,20-21,23,31,34H,4,7-15H2,1H3,(H3,29,30)(H,32,36)/t20-,21-,23-/m1/s1. The third-order valence-corrected chi connectivity index (χ3v) is 9.28. The van der Waals surface area contributed by atoms with Crippen molar-refractivity contribution in [3.05, 3.63) is 50.9 Å². The van der Waals surface area contributed by atoms with Gasteiger partial charge in [-0.15, -0.1) is 11.3 Å². The van der Waals surface area contributed by atoms with Gasteiger partial charge in [0, 0.05) is 23.4 Å². The Morgan fingerprint density at radius 2 is 2.00 bits per heavy atom. The van der Waals surface area contributed by atoms with Crippen molar-refractivity contribution in [2.75, 3.05) is 25.9 Å². The van der Waals surface area contributed by atoms with Crippen molar-refractivity contribution in [1.82, 2.24) is 25.2 Å². The smallest absolute Gasteiger partial charge is 0.243 e. The highest BCUT2D eigenvalue weighted by Crippen LogP contribution is 2.26. The van der Waals surface area contributed by atoms with Crippen molar-refractivity contribution in [1.29, 1.82) is 5.41 Å². The van der Waals surface area contributed by atoms with Crippen molar-refractivity contribution in [2.24, 2.45) is 11.7 Å². The zero-order chi connectivity index (χ0) is 30.3. The summed E-state index contributed by atoms with van der Waals surface area (Å²) in [6, 6.07) is 5.38. The first-order valence-electron chi connectivity index (χ1n) is 13.9. The molecule has 3 atom stereocenters. The van der Waals surface area contributed by atoms with Crippen molar-refractivity contribution < 1.29 is 22.7 Å². The lowest BCUT2D eigenvalue weighted by Crippen LogP contribution is -2.53. The number of hydrogen-bond donors (Lipinski definition) is 5. The third kappa shape index (κ3) is 9.44. The average Bonchev–Trinajstić information content (AvgIpc) is 3.61. The molecule has 2 aliphatic rings. The fraction of sp³-hybridized carbons (Fsp3) is 0.556. The summed E-state index contributed by atoms with van der Waals surface area (Å²) in [6.45, 7) is 2.32. The molecule has 2 saturated heterocycles. The van der Waals surface area contributed by atoms with Gasteiger partial charge in [-0.25, -0.2) is 18.1 Å². The van der Waals surface area contributed by atoms with Crippen LogP contribution in [0, 0.1) is 11.3 Å². The summed E-state index contributed by atoms with van der Waals surface area (Å²) >= 11 is 7.25. The number of nitrogens with one attached hydrogen (secondary N) is 4. The van der Waals surface area contributed by atoms with Gasteiger partial charge >= 0.3 is 0 Å². The van der Waals surface area contributed by atoms with E-state index >= 15 is 0 Å². The summed E-state index contributed by atoms with van der Waals surface area (Å²) in [7, 11) is -3.69. The number of nitrogens with zero attached hydrogens (tertiary/aromatic N) is 2. The molecule has 1 aromatic heterocycles. The van der Waals surface area contributed by atoms with E-state index in [0.717, 1.165) is 37.8 Å². The van der Waals surface area contributed by atoms with Crippen molar-refractivity contribution >= 4 is 50.6 Å². The molecule has 6 N–H and O–H groups in total. The zero-order valence-corrected chi connectivity index (χ0v) is 25.9. The quantitative estimate of drug-likeness (QED) is 0.162. The predicted molar refractivity (Wildman–Crippen MR) is 162 cm³/mol. The van der Waals surface area contributed by atoms with E-state index in [1.807, 2.05) is 12.1 Å². The Kier molecular flexibility index (Phi) is 11.3. The van der Waals surface area contributed by atoms with Gasteiger partial charge in [-0.05, 0) is 62.4 Å². The number of ether oxygens (including phenoxy) is 1. The Labute approximate surface area is 255 Å². The molecule has 2 aliphatic heterocycles. The summed E-state index contributed by atoms with van der Waals surface area (Å²) in [5, 5.41) is 16.5. The lowest BCUT2D eigenvalue weighted by Gasteiger charge is -2.29. The van der Waals surface area contributed by atoms with E-state index in [1.54, 1.807) is 17.5 Å². The summed E-state index contributed by atoms with van der Waals surface area (Å²) < 4.78 is 33.1. The van der Waals surface area contributed by atoms with E-state index in [1.165, 1.54) is 16.2 Å². The fourth-order valence-corrected chi connectivity index (χ4v) is 6.86. The number of hydrogen-bond acceptors (Lipinski definition) is 9. The van der Waals surface area contributed by atoms with Crippen LogP contribution < -0.4 is 21.1 Å². The molecular weight excluding hydrogens is 602 g/mol. The van der Waals surface area contributed by atoms with Crippen LogP contribution in [-0.4, -0.2) is 80.0 Å². The molecule has 2 aromatic rings.